The van der Waals surface area contributed by atoms with Gasteiger partial charge in [-0.2, -0.15) is 0 Å². The highest BCUT2D eigenvalue weighted by molar-refractivity contribution is 5.46. The number of rotatable bonds is 7. The fraction of sp³-hybridized carbons (Fsp3) is 0.625. The van der Waals surface area contributed by atoms with Crippen LogP contribution >= 0.6 is 0 Å². The van der Waals surface area contributed by atoms with E-state index in [1.807, 2.05) is 13.0 Å². The molecule has 1 saturated heterocycles. The molecule has 1 aliphatic heterocycles. The van der Waals surface area contributed by atoms with Gasteiger partial charge in [0.15, 0.2) is 0 Å². The summed E-state index contributed by atoms with van der Waals surface area (Å²) >= 11 is 0. The Labute approximate surface area is 122 Å². The van der Waals surface area contributed by atoms with Crippen LogP contribution in [0.5, 0.6) is 0 Å². The van der Waals surface area contributed by atoms with Gasteiger partial charge in [0.1, 0.15) is 0 Å². The van der Waals surface area contributed by atoms with Crippen molar-refractivity contribution in [3.05, 3.63) is 30.3 Å². The molecule has 0 saturated carbocycles. The molecule has 1 aromatic carbocycles. The van der Waals surface area contributed by atoms with E-state index in [2.05, 4.69) is 34.1 Å². The molecular weight excluding hydrogens is 252 g/mol. The zero-order valence-electron chi connectivity index (χ0n) is 12.4. The first-order valence-electron chi connectivity index (χ1n) is 7.57. The van der Waals surface area contributed by atoms with Gasteiger partial charge >= 0.3 is 0 Å². The van der Waals surface area contributed by atoms with Crippen LogP contribution in [-0.2, 0) is 4.74 Å². The van der Waals surface area contributed by atoms with E-state index < -0.39 is 0 Å². The summed E-state index contributed by atoms with van der Waals surface area (Å²) in [4.78, 5) is 4.71. The van der Waals surface area contributed by atoms with Crippen molar-refractivity contribution in [1.29, 1.82) is 0 Å². The fourth-order valence-corrected chi connectivity index (χ4v) is 2.44. The molecule has 1 unspecified atom stereocenters. The molecule has 0 spiro atoms. The van der Waals surface area contributed by atoms with Crippen LogP contribution in [0.2, 0.25) is 0 Å². The van der Waals surface area contributed by atoms with E-state index in [-0.39, 0.29) is 6.10 Å². The number of morpholine rings is 1. The standard InChI is InChI=1S/C16H26N2O2/c1-2-16(19)14-18(15-6-4-3-5-7-15)9-8-17-10-12-20-13-11-17/h3-7,16,19H,2,8-14H2,1H3. The summed E-state index contributed by atoms with van der Waals surface area (Å²) in [5.74, 6) is 0. The maximum atomic E-state index is 9.95. The van der Waals surface area contributed by atoms with Gasteiger partial charge < -0.3 is 14.7 Å². The predicted molar refractivity (Wildman–Crippen MR) is 82.2 cm³/mol. The van der Waals surface area contributed by atoms with Gasteiger partial charge in [-0.25, -0.2) is 0 Å². The molecule has 2 rings (SSSR count). The van der Waals surface area contributed by atoms with Gasteiger partial charge in [0.2, 0.25) is 0 Å². The average molecular weight is 278 g/mol. The van der Waals surface area contributed by atoms with Gasteiger partial charge in [0.05, 0.1) is 19.3 Å². The minimum absolute atomic E-state index is 0.264. The number of anilines is 1. The molecule has 1 aromatic rings. The minimum Gasteiger partial charge on any atom is -0.391 e. The lowest BCUT2D eigenvalue weighted by Gasteiger charge is -2.32. The Morgan fingerprint density at radius 1 is 1.25 bits per heavy atom. The smallest absolute Gasteiger partial charge is 0.0712 e. The Hall–Kier alpha value is -1.10. The maximum Gasteiger partial charge on any atom is 0.0712 e. The van der Waals surface area contributed by atoms with Crippen LogP contribution in [0.3, 0.4) is 0 Å². The maximum absolute atomic E-state index is 9.95. The van der Waals surface area contributed by atoms with Gasteiger partial charge in [-0.3, -0.25) is 4.90 Å². The van der Waals surface area contributed by atoms with Crippen molar-refractivity contribution in [2.24, 2.45) is 0 Å². The van der Waals surface area contributed by atoms with E-state index in [4.69, 9.17) is 4.74 Å². The lowest BCUT2D eigenvalue weighted by Crippen LogP contribution is -2.43. The Kier molecular flexibility index (Phi) is 6.30. The van der Waals surface area contributed by atoms with E-state index in [0.29, 0.717) is 6.54 Å². The third-order valence-electron chi connectivity index (χ3n) is 3.81. The molecule has 4 nitrogen and oxygen atoms in total. The zero-order valence-corrected chi connectivity index (χ0v) is 12.4. The highest BCUT2D eigenvalue weighted by atomic mass is 16.5. The van der Waals surface area contributed by atoms with Crippen LogP contribution < -0.4 is 4.90 Å². The first-order valence-corrected chi connectivity index (χ1v) is 7.57. The number of para-hydroxylation sites is 1. The van der Waals surface area contributed by atoms with E-state index in [1.54, 1.807) is 0 Å². The third kappa shape index (κ3) is 4.78. The Morgan fingerprint density at radius 2 is 1.95 bits per heavy atom. The summed E-state index contributed by atoms with van der Waals surface area (Å²) in [6.45, 7) is 8.39. The second-order valence-corrected chi connectivity index (χ2v) is 5.30. The summed E-state index contributed by atoms with van der Waals surface area (Å²) in [7, 11) is 0. The second-order valence-electron chi connectivity index (χ2n) is 5.30. The number of hydrogen-bond acceptors (Lipinski definition) is 4. The normalized spacial score (nSPS) is 17.9. The highest BCUT2D eigenvalue weighted by Gasteiger charge is 2.14. The van der Waals surface area contributed by atoms with Crippen molar-refractivity contribution in [2.45, 2.75) is 19.4 Å². The first-order chi connectivity index (χ1) is 9.79. The molecule has 0 aromatic heterocycles. The zero-order chi connectivity index (χ0) is 14.2. The largest absolute Gasteiger partial charge is 0.391 e. The number of aliphatic hydroxyl groups is 1. The lowest BCUT2D eigenvalue weighted by atomic mass is 10.2. The van der Waals surface area contributed by atoms with Crippen molar-refractivity contribution < 1.29 is 9.84 Å². The average Bonchev–Trinajstić information content (AvgIpc) is 2.53. The monoisotopic (exact) mass is 278 g/mol. The van der Waals surface area contributed by atoms with Crippen LogP contribution in [0.25, 0.3) is 0 Å². The summed E-state index contributed by atoms with van der Waals surface area (Å²) in [6.07, 6.45) is 0.529. The summed E-state index contributed by atoms with van der Waals surface area (Å²) in [5, 5.41) is 9.95. The lowest BCUT2D eigenvalue weighted by molar-refractivity contribution is 0.0389. The van der Waals surface area contributed by atoms with Gasteiger partial charge in [0.25, 0.3) is 0 Å². The Bertz CT molecular complexity index is 366. The van der Waals surface area contributed by atoms with Crippen LogP contribution in [0.15, 0.2) is 30.3 Å². The highest BCUT2D eigenvalue weighted by Crippen LogP contribution is 2.14. The molecule has 1 N–H and O–H groups in total. The molecule has 0 amide bonds. The Balaban J connectivity index is 1.91. The van der Waals surface area contributed by atoms with Crippen LogP contribution in [0, 0.1) is 0 Å². The van der Waals surface area contributed by atoms with Crippen molar-refractivity contribution in [3.8, 4) is 0 Å². The number of benzene rings is 1. The molecule has 0 radical (unpaired) electrons. The molecule has 1 fully saturated rings. The summed E-state index contributed by atoms with van der Waals surface area (Å²) in [6, 6.07) is 10.4. The van der Waals surface area contributed by atoms with Gasteiger partial charge in [-0.15, -0.1) is 0 Å². The third-order valence-corrected chi connectivity index (χ3v) is 3.81. The first kappa shape index (κ1) is 15.3. The van der Waals surface area contributed by atoms with E-state index in [0.717, 1.165) is 45.8 Å². The van der Waals surface area contributed by atoms with Crippen LogP contribution in [0.4, 0.5) is 5.69 Å². The summed E-state index contributed by atoms with van der Waals surface area (Å²) < 4.78 is 5.38. The quantitative estimate of drug-likeness (QED) is 0.822. The molecule has 112 valence electrons. The topological polar surface area (TPSA) is 35.9 Å². The molecule has 4 heteroatoms. The fourth-order valence-electron chi connectivity index (χ4n) is 2.44. The molecular formula is C16H26N2O2. The van der Waals surface area contributed by atoms with Gasteiger partial charge in [0, 0.05) is 38.4 Å². The number of aliphatic hydroxyl groups excluding tert-OH is 1. The van der Waals surface area contributed by atoms with E-state index >= 15 is 0 Å². The van der Waals surface area contributed by atoms with E-state index in [1.165, 1.54) is 5.69 Å². The second kappa shape index (κ2) is 8.25. The molecule has 1 atom stereocenters. The van der Waals surface area contributed by atoms with Crippen LogP contribution in [0.1, 0.15) is 13.3 Å². The van der Waals surface area contributed by atoms with Crippen molar-refractivity contribution in [3.63, 3.8) is 0 Å². The van der Waals surface area contributed by atoms with Gasteiger partial charge in [-0.1, -0.05) is 25.1 Å². The molecule has 0 aliphatic carbocycles. The molecule has 1 heterocycles. The van der Waals surface area contributed by atoms with Crippen LogP contribution in [-0.4, -0.2) is 62.0 Å². The predicted octanol–water partition coefficient (Wildman–Crippen LogP) is 1.60. The van der Waals surface area contributed by atoms with E-state index in [9.17, 15) is 5.11 Å². The minimum atomic E-state index is -0.264. The van der Waals surface area contributed by atoms with Gasteiger partial charge in [-0.05, 0) is 18.6 Å². The molecule has 0 bridgehead atoms. The number of hydrogen-bond donors (Lipinski definition) is 1. The number of nitrogens with zero attached hydrogens (tertiary/aromatic N) is 2. The number of ether oxygens (including phenoxy) is 1. The summed E-state index contributed by atoms with van der Waals surface area (Å²) in [5.41, 5.74) is 1.19. The van der Waals surface area contributed by atoms with Crippen molar-refractivity contribution in [1.82, 2.24) is 4.90 Å². The van der Waals surface area contributed by atoms with Crippen molar-refractivity contribution in [2.75, 3.05) is 50.8 Å². The molecule has 20 heavy (non-hydrogen) atoms. The SMILES string of the molecule is CCC(O)CN(CCN1CCOCC1)c1ccccc1. The Morgan fingerprint density at radius 3 is 2.60 bits per heavy atom. The van der Waals surface area contributed by atoms with Crippen molar-refractivity contribution >= 4 is 5.69 Å². The molecule has 1 aliphatic rings.